The molecule has 0 spiro atoms. The fraction of sp³-hybridized carbons (Fsp3) is 1.00. The molecule has 0 aliphatic carbocycles. The summed E-state index contributed by atoms with van der Waals surface area (Å²) in [6, 6.07) is 1.55. The summed E-state index contributed by atoms with van der Waals surface area (Å²) >= 11 is 0. The second-order valence-corrected chi connectivity index (χ2v) is 6.11. The van der Waals surface area contributed by atoms with Crippen molar-refractivity contribution in [1.82, 2.24) is 0 Å². The first-order chi connectivity index (χ1) is 6.54. The molecule has 0 aromatic rings. The average molecular weight is 275 g/mol. The van der Waals surface area contributed by atoms with Crippen molar-refractivity contribution in [3.63, 3.8) is 0 Å². The van der Waals surface area contributed by atoms with Gasteiger partial charge in [0, 0.05) is 0 Å². The van der Waals surface area contributed by atoms with E-state index in [2.05, 4.69) is 34.6 Å². The van der Waals surface area contributed by atoms with Crippen molar-refractivity contribution in [3.8, 4) is 0 Å². The molecular weight excluding hydrogens is 255 g/mol. The van der Waals surface area contributed by atoms with E-state index < -0.39 is 7.81 Å². The van der Waals surface area contributed by atoms with Gasteiger partial charge in [-0.1, -0.05) is 0 Å². The van der Waals surface area contributed by atoms with E-state index >= 15 is 0 Å². The minimum atomic E-state index is -10.7. The first-order valence-electron chi connectivity index (χ1n) is 4.96. The normalized spacial score (nSPS) is 16.9. The Morgan fingerprint density at radius 3 is 1.00 bits per heavy atom. The van der Waals surface area contributed by atoms with Crippen LogP contribution in [-0.4, -0.2) is 18.6 Å². The third kappa shape index (κ3) is 23.6. The van der Waals surface area contributed by atoms with Crippen LogP contribution in [0.2, 0.25) is 0 Å². The fourth-order valence-electron chi connectivity index (χ4n) is 1.48. The predicted octanol–water partition coefficient (Wildman–Crippen LogP) is 4.09. The molecule has 8 heteroatoms. The van der Waals surface area contributed by atoms with Gasteiger partial charge in [-0.05, 0) is 34.6 Å². The van der Waals surface area contributed by atoms with Crippen LogP contribution in [0.3, 0.4) is 0 Å². The molecule has 1 nitrogen and oxygen atoms in total. The number of hydrogen-bond donors (Lipinski definition) is 1. The number of nitrogens with one attached hydrogen (secondary N) is 1. The Morgan fingerprint density at radius 2 is 1.00 bits per heavy atom. The molecule has 0 amide bonds. The van der Waals surface area contributed by atoms with Crippen LogP contribution in [0, 0.1) is 0 Å². The Morgan fingerprint density at radius 1 is 0.812 bits per heavy atom. The number of rotatable bonds is 3. The van der Waals surface area contributed by atoms with Gasteiger partial charge in [-0.2, -0.15) is 0 Å². The van der Waals surface area contributed by atoms with E-state index in [1.54, 1.807) is 4.90 Å². The Bertz CT molecular complexity index is 186. The first kappa shape index (κ1) is 18.3. The van der Waals surface area contributed by atoms with Crippen LogP contribution in [0.4, 0.5) is 25.2 Å². The van der Waals surface area contributed by atoms with Crippen molar-refractivity contribution < 1.29 is 30.1 Å². The van der Waals surface area contributed by atoms with Gasteiger partial charge in [-0.15, -0.1) is 0 Å². The van der Waals surface area contributed by atoms with Crippen LogP contribution in [-0.2, 0) is 0 Å². The van der Waals surface area contributed by atoms with Gasteiger partial charge < -0.3 is 4.90 Å². The average Bonchev–Trinajstić information content (AvgIpc) is 1.77. The zero-order chi connectivity index (χ0) is 13.8. The number of halogens is 6. The summed E-state index contributed by atoms with van der Waals surface area (Å²) in [7, 11) is -10.7. The van der Waals surface area contributed by atoms with Gasteiger partial charge in [0.2, 0.25) is 0 Å². The summed E-state index contributed by atoms with van der Waals surface area (Å²) in [5.74, 6) is 0. The Balaban J connectivity index is 0. The van der Waals surface area contributed by atoms with Crippen LogP contribution < -0.4 is 4.90 Å². The molecule has 0 rings (SSSR count). The summed E-state index contributed by atoms with van der Waals surface area (Å²) < 4.78 is 59.2. The van der Waals surface area contributed by atoms with Crippen LogP contribution in [0.1, 0.15) is 34.6 Å². The molecule has 0 radical (unpaired) electrons. The van der Waals surface area contributed by atoms with Crippen molar-refractivity contribution in [2.24, 2.45) is 0 Å². The van der Waals surface area contributed by atoms with Gasteiger partial charge in [0.15, 0.2) is 0 Å². The Hall–Kier alpha value is -0.0300. The predicted molar refractivity (Wildman–Crippen MR) is 55.3 cm³/mol. The number of hydrogen-bond acceptors (Lipinski definition) is 0. The van der Waals surface area contributed by atoms with E-state index in [1.807, 2.05) is 0 Å². The van der Waals surface area contributed by atoms with E-state index in [4.69, 9.17) is 0 Å². The second kappa shape index (κ2) is 4.69. The van der Waals surface area contributed by atoms with Crippen LogP contribution in [0.25, 0.3) is 0 Å². The third-order valence-electron chi connectivity index (χ3n) is 1.89. The molecule has 0 aromatic carbocycles. The Labute approximate surface area is 92.0 Å². The van der Waals surface area contributed by atoms with Crippen LogP contribution in [0.15, 0.2) is 0 Å². The summed E-state index contributed by atoms with van der Waals surface area (Å²) in [4.78, 5) is 1.69. The van der Waals surface area contributed by atoms with Crippen molar-refractivity contribution in [1.29, 1.82) is 0 Å². The van der Waals surface area contributed by atoms with Crippen molar-refractivity contribution in [2.45, 2.75) is 46.7 Å². The first-order valence-corrected chi connectivity index (χ1v) is 6.99. The summed E-state index contributed by atoms with van der Waals surface area (Å²) in [6.45, 7) is 12.6. The van der Waals surface area contributed by atoms with E-state index in [0.717, 1.165) is 12.1 Å². The molecule has 0 heterocycles. The summed E-state index contributed by atoms with van der Waals surface area (Å²) in [5, 5.41) is 0. The molecule has 0 aromatic heterocycles. The molecule has 0 saturated carbocycles. The van der Waals surface area contributed by atoms with E-state index in [9.17, 15) is 25.2 Å². The van der Waals surface area contributed by atoms with E-state index in [-0.39, 0.29) is 0 Å². The quantitative estimate of drug-likeness (QED) is 0.584. The topological polar surface area (TPSA) is 4.44 Å². The molecule has 0 bridgehead atoms. The van der Waals surface area contributed by atoms with Gasteiger partial charge in [-0.25, -0.2) is 0 Å². The zero-order valence-corrected chi connectivity index (χ0v) is 11.0. The van der Waals surface area contributed by atoms with Crippen LogP contribution in [0.5, 0.6) is 0 Å². The molecule has 0 fully saturated rings. The van der Waals surface area contributed by atoms with Gasteiger partial charge in [0.05, 0.1) is 18.6 Å². The van der Waals surface area contributed by atoms with Crippen LogP contribution >= 0.6 is 7.81 Å². The molecule has 0 aliphatic rings. The molecule has 0 saturated heterocycles. The van der Waals surface area contributed by atoms with Crippen molar-refractivity contribution in [2.75, 3.05) is 6.54 Å². The fourth-order valence-corrected chi connectivity index (χ4v) is 1.48. The van der Waals surface area contributed by atoms with Gasteiger partial charge in [-0.3, -0.25) is 0 Å². The standard InChI is InChI=1S/C8H19N.F6P/c1-6-9(7(2)3)8(4)5;1-7(2,3,4,5)6/h7-8H,6H2,1-5H3;/q;-1/p+1. The SMILES string of the molecule is CC[NH+](C(C)C)C(C)C.F[P-](F)(F)(F)(F)F. The van der Waals surface area contributed by atoms with Crippen molar-refractivity contribution >= 4 is 7.81 Å². The van der Waals surface area contributed by atoms with E-state index in [0.29, 0.717) is 0 Å². The maximum absolute atomic E-state index is 10.7. The Kier molecular flexibility index (Phi) is 5.37. The van der Waals surface area contributed by atoms with Gasteiger partial charge in [0.1, 0.15) is 0 Å². The molecule has 1 N–H and O–H groups in total. The second-order valence-electron chi connectivity index (χ2n) is 4.20. The molecule has 0 atom stereocenters. The molecule has 0 unspecified atom stereocenters. The monoisotopic (exact) mass is 275 g/mol. The number of quaternary nitrogens is 1. The molecular formula is C8H20F6NP. The third-order valence-corrected chi connectivity index (χ3v) is 1.89. The summed E-state index contributed by atoms with van der Waals surface area (Å²) in [5.41, 5.74) is 0. The van der Waals surface area contributed by atoms with Gasteiger partial charge >= 0.3 is 33.0 Å². The minimum absolute atomic E-state index is 0.773. The van der Waals surface area contributed by atoms with E-state index in [1.165, 1.54) is 6.54 Å². The molecule has 16 heavy (non-hydrogen) atoms. The molecule has 0 aliphatic heterocycles. The maximum atomic E-state index is 9.87. The summed E-state index contributed by atoms with van der Waals surface area (Å²) in [6.07, 6.45) is 0. The zero-order valence-electron chi connectivity index (χ0n) is 10.1. The molecule has 104 valence electrons. The van der Waals surface area contributed by atoms with Gasteiger partial charge in [0.25, 0.3) is 0 Å². The van der Waals surface area contributed by atoms with Crippen molar-refractivity contribution in [3.05, 3.63) is 0 Å².